The Labute approximate surface area is 148 Å². The average Bonchev–Trinajstić information content (AvgIpc) is 2.96. The second-order valence-corrected chi connectivity index (χ2v) is 6.34. The van der Waals surface area contributed by atoms with Crippen LogP contribution >= 0.6 is 0 Å². The number of carboxylic acids is 1. The third kappa shape index (κ3) is 4.33. The van der Waals surface area contributed by atoms with Crippen molar-refractivity contribution in [1.29, 1.82) is 0 Å². The van der Waals surface area contributed by atoms with Crippen molar-refractivity contribution in [2.45, 2.75) is 38.9 Å². The predicted molar refractivity (Wildman–Crippen MR) is 86.8 cm³/mol. The summed E-state index contributed by atoms with van der Waals surface area (Å²) in [5.41, 5.74) is -1.37. The highest BCUT2D eigenvalue weighted by molar-refractivity contribution is 6.00. The second-order valence-electron chi connectivity index (χ2n) is 6.34. The molecule has 0 atom stereocenters. The summed E-state index contributed by atoms with van der Waals surface area (Å²) in [5, 5.41) is 8.95. The SMILES string of the molecule is CC(C)N(CC(=O)O)C(=O)c1cc(N2CCCC2=O)cc(C(F)(F)F)c1. The van der Waals surface area contributed by atoms with Gasteiger partial charge in [-0.3, -0.25) is 14.4 Å². The van der Waals surface area contributed by atoms with Crippen molar-refractivity contribution < 1.29 is 32.7 Å². The molecule has 0 aliphatic carbocycles. The number of amides is 2. The molecule has 1 aliphatic heterocycles. The molecule has 0 unspecified atom stereocenters. The van der Waals surface area contributed by atoms with Crippen LogP contribution in [0, 0.1) is 0 Å². The Bertz CT molecular complexity index is 731. The van der Waals surface area contributed by atoms with Crippen LogP contribution in [0.25, 0.3) is 0 Å². The molecule has 0 bridgehead atoms. The van der Waals surface area contributed by atoms with Crippen LogP contribution in [0.15, 0.2) is 18.2 Å². The number of hydrogen-bond acceptors (Lipinski definition) is 3. The van der Waals surface area contributed by atoms with E-state index in [-0.39, 0.29) is 30.1 Å². The highest BCUT2D eigenvalue weighted by Crippen LogP contribution is 2.34. The fraction of sp³-hybridized carbons (Fsp3) is 0.471. The van der Waals surface area contributed by atoms with Gasteiger partial charge in [-0.2, -0.15) is 13.2 Å². The van der Waals surface area contributed by atoms with E-state index in [0.717, 1.165) is 11.0 Å². The summed E-state index contributed by atoms with van der Waals surface area (Å²) in [7, 11) is 0. The monoisotopic (exact) mass is 372 g/mol. The molecule has 0 aromatic heterocycles. The van der Waals surface area contributed by atoms with E-state index in [9.17, 15) is 27.6 Å². The van der Waals surface area contributed by atoms with Crippen molar-refractivity contribution in [3.8, 4) is 0 Å². The number of halogens is 3. The molecule has 142 valence electrons. The Kier molecular flexibility index (Phi) is 5.58. The first-order valence-corrected chi connectivity index (χ1v) is 8.06. The van der Waals surface area contributed by atoms with Crippen LogP contribution in [-0.2, 0) is 15.8 Å². The molecular weight excluding hydrogens is 353 g/mol. The van der Waals surface area contributed by atoms with Crippen LogP contribution in [-0.4, -0.2) is 46.9 Å². The van der Waals surface area contributed by atoms with Crippen molar-refractivity contribution in [1.82, 2.24) is 4.90 Å². The quantitative estimate of drug-likeness (QED) is 0.862. The number of anilines is 1. The number of aliphatic carboxylic acids is 1. The largest absolute Gasteiger partial charge is 0.480 e. The van der Waals surface area contributed by atoms with Gasteiger partial charge >= 0.3 is 12.1 Å². The lowest BCUT2D eigenvalue weighted by Gasteiger charge is -2.26. The summed E-state index contributed by atoms with van der Waals surface area (Å²) in [4.78, 5) is 37.7. The van der Waals surface area contributed by atoms with E-state index < -0.39 is 36.2 Å². The van der Waals surface area contributed by atoms with E-state index >= 15 is 0 Å². The summed E-state index contributed by atoms with van der Waals surface area (Å²) < 4.78 is 39.7. The Morgan fingerprint density at radius 3 is 2.38 bits per heavy atom. The van der Waals surface area contributed by atoms with E-state index in [1.165, 1.54) is 11.0 Å². The highest BCUT2D eigenvalue weighted by atomic mass is 19.4. The van der Waals surface area contributed by atoms with Gasteiger partial charge in [-0.1, -0.05) is 0 Å². The minimum atomic E-state index is -4.71. The van der Waals surface area contributed by atoms with E-state index in [2.05, 4.69) is 0 Å². The third-order valence-corrected chi connectivity index (χ3v) is 4.07. The Morgan fingerprint density at radius 1 is 1.27 bits per heavy atom. The normalized spacial score (nSPS) is 14.8. The summed E-state index contributed by atoms with van der Waals surface area (Å²) in [6, 6.07) is 2.20. The van der Waals surface area contributed by atoms with Gasteiger partial charge in [0.1, 0.15) is 6.54 Å². The molecule has 1 fully saturated rings. The van der Waals surface area contributed by atoms with Crippen LogP contribution in [0.2, 0.25) is 0 Å². The molecule has 9 heteroatoms. The minimum Gasteiger partial charge on any atom is -0.480 e. The van der Waals surface area contributed by atoms with Gasteiger partial charge in [-0.25, -0.2) is 0 Å². The molecular formula is C17H19F3N2O4. The zero-order chi connectivity index (χ0) is 19.6. The molecule has 0 spiro atoms. The zero-order valence-electron chi connectivity index (χ0n) is 14.3. The maximum absolute atomic E-state index is 13.2. The van der Waals surface area contributed by atoms with E-state index in [4.69, 9.17) is 5.11 Å². The first-order chi connectivity index (χ1) is 12.0. The first-order valence-electron chi connectivity index (χ1n) is 8.06. The molecule has 1 aromatic rings. The van der Waals surface area contributed by atoms with Crippen LogP contribution < -0.4 is 4.90 Å². The number of nitrogens with zero attached hydrogens (tertiary/aromatic N) is 2. The summed E-state index contributed by atoms with van der Waals surface area (Å²) >= 11 is 0. The van der Waals surface area contributed by atoms with Gasteiger partial charge in [0, 0.05) is 30.3 Å². The Balaban J connectivity index is 2.50. The molecule has 26 heavy (non-hydrogen) atoms. The number of benzene rings is 1. The smallest absolute Gasteiger partial charge is 0.416 e. The van der Waals surface area contributed by atoms with Crippen molar-refractivity contribution in [3.05, 3.63) is 29.3 Å². The maximum Gasteiger partial charge on any atom is 0.416 e. The first kappa shape index (κ1) is 19.7. The van der Waals surface area contributed by atoms with Crippen molar-refractivity contribution in [2.24, 2.45) is 0 Å². The molecule has 1 heterocycles. The molecule has 2 rings (SSSR count). The molecule has 6 nitrogen and oxygen atoms in total. The molecule has 1 aliphatic rings. The zero-order valence-corrected chi connectivity index (χ0v) is 14.3. The number of carboxylic acid groups (broad SMARTS) is 1. The van der Waals surface area contributed by atoms with Crippen LogP contribution in [0.1, 0.15) is 42.6 Å². The lowest BCUT2D eigenvalue weighted by atomic mass is 10.1. The Morgan fingerprint density at radius 2 is 1.92 bits per heavy atom. The summed E-state index contributed by atoms with van der Waals surface area (Å²) in [6.07, 6.45) is -3.95. The van der Waals surface area contributed by atoms with Gasteiger partial charge in [0.05, 0.1) is 5.56 Å². The topological polar surface area (TPSA) is 77.9 Å². The van der Waals surface area contributed by atoms with E-state index in [1.807, 2.05) is 0 Å². The molecule has 1 N–H and O–H groups in total. The van der Waals surface area contributed by atoms with Crippen LogP contribution in [0.5, 0.6) is 0 Å². The Hall–Kier alpha value is -2.58. The van der Waals surface area contributed by atoms with Gasteiger partial charge < -0.3 is 14.9 Å². The fourth-order valence-electron chi connectivity index (χ4n) is 2.78. The number of rotatable bonds is 5. The van der Waals surface area contributed by atoms with Gasteiger partial charge in [0.2, 0.25) is 5.91 Å². The lowest BCUT2D eigenvalue weighted by molar-refractivity contribution is -0.139. The average molecular weight is 372 g/mol. The van der Waals surface area contributed by atoms with Crippen molar-refractivity contribution in [3.63, 3.8) is 0 Å². The number of carbonyl (C=O) groups is 3. The van der Waals surface area contributed by atoms with Gasteiger partial charge in [0.15, 0.2) is 0 Å². The van der Waals surface area contributed by atoms with Crippen molar-refractivity contribution in [2.75, 3.05) is 18.0 Å². The molecule has 1 saturated heterocycles. The van der Waals surface area contributed by atoms with E-state index in [0.29, 0.717) is 12.5 Å². The summed E-state index contributed by atoms with van der Waals surface area (Å²) in [5.74, 6) is -2.41. The molecule has 0 radical (unpaired) electrons. The molecule has 1 aromatic carbocycles. The van der Waals surface area contributed by atoms with E-state index in [1.54, 1.807) is 13.8 Å². The van der Waals surface area contributed by atoms with Gasteiger partial charge in [-0.15, -0.1) is 0 Å². The fourth-order valence-corrected chi connectivity index (χ4v) is 2.78. The third-order valence-electron chi connectivity index (χ3n) is 4.07. The van der Waals surface area contributed by atoms with Gasteiger partial charge in [-0.05, 0) is 38.5 Å². The standard InChI is InChI=1S/C17H19F3N2O4/c1-10(2)22(9-15(24)25)16(26)11-6-12(17(18,19)20)8-13(7-11)21-5-3-4-14(21)23/h6-8,10H,3-5,9H2,1-2H3,(H,24,25). The van der Waals surface area contributed by atoms with Crippen LogP contribution in [0.3, 0.4) is 0 Å². The number of hydrogen-bond donors (Lipinski definition) is 1. The predicted octanol–water partition coefficient (Wildman–Crippen LogP) is 2.77. The van der Waals surface area contributed by atoms with Crippen LogP contribution in [0.4, 0.5) is 18.9 Å². The minimum absolute atomic E-state index is 0.00953. The van der Waals surface area contributed by atoms with Gasteiger partial charge in [0.25, 0.3) is 5.91 Å². The number of alkyl halides is 3. The van der Waals surface area contributed by atoms with Crippen molar-refractivity contribution >= 4 is 23.5 Å². The maximum atomic E-state index is 13.2. The molecule has 0 saturated carbocycles. The molecule has 2 amide bonds. The second kappa shape index (κ2) is 7.35. The highest BCUT2D eigenvalue weighted by Gasteiger charge is 2.34. The lowest BCUT2D eigenvalue weighted by Crippen LogP contribution is -2.40. The number of carbonyl (C=O) groups excluding carboxylic acids is 2. The summed E-state index contributed by atoms with van der Waals surface area (Å²) in [6.45, 7) is 2.78.